The lowest BCUT2D eigenvalue weighted by molar-refractivity contribution is 0.312. The zero-order chi connectivity index (χ0) is 18.2. The van der Waals surface area contributed by atoms with Crippen molar-refractivity contribution in [2.45, 2.75) is 31.6 Å². The molecule has 7 heteroatoms. The molecule has 2 saturated heterocycles. The molecule has 2 N–H and O–H groups in total. The summed E-state index contributed by atoms with van der Waals surface area (Å²) in [4.78, 5) is 14.1. The number of pyridine rings is 1. The fourth-order valence-corrected chi connectivity index (χ4v) is 4.50. The molecule has 1 aromatic heterocycles. The van der Waals surface area contributed by atoms with E-state index in [-0.39, 0.29) is 0 Å². The van der Waals surface area contributed by atoms with Gasteiger partial charge >= 0.3 is 0 Å². The standard InChI is InChI=1S/C19H32N6S/c1-3-20-19(23-15-17-5-4-12-26-17)22-14-16-6-7-21-18(13-16)25-10-8-24(2)9-11-25/h6-7,13,17H,3-5,8-12,14-15H2,1-2H3,(H2,20,22,23). The number of thioether (sulfide) groups is 1. The van der Waals surface area contributed by atoms with Crippen molar-refractivity contribution in [1.82, 2.24) is 20.5 Å². The Hall–Kier alpha value is -1.47. The van der Waals surface area contributed by atoms with E-state index >= 15 is 0 Å². The van der Waals surface area contributed by atoms with Crippen molar-refractivity contribution in [3.05, 3.63) is 23.9 Å². The molecule has 3 rings (SSSR count). The maximum Gasteiger partial charge on any atom is 0.191 e. The van der Waals surface area contributed by atoms with Gasteiger partial charge in [0.05, 0.1) is 6.54 Å². The molecule has 144 valence electrons. The van der Waals surface area contributed by atoms with Crippen LogP contribution in [0.25, 0.3) is 0 Å². The van der Waals surface area contributed by atoms with Gasteiger partial charge in [-0.3, -0.25) is 0 Å². The van der Waals surface area contributed by atoms with E-state index < -0.39 is 0 Å². The predicted octanol–water partition coefficient (Wildman–Crippen LogP) is 1.78. The number of hydrogen-bond donors (Lipinski definition) is 2. The van der Waals surface area contributed by atoms with Gasteiger partial charge in [0.25, 0.3) is 0 Å². The Morgan fingerprint density at radius 3 is 2.88 bits per heavy atom. The van der Waals surface area contributed by atoms with Crippen LogP contribution in [0.5, 0.6) is 0 Å². The summed E-state index contributed by atoms with van der Waals surface area (Å²) in [5.41, 5.74) is 1.21. The number of likely N-dealkylation sites (N-methyl/N-ethyl adjacent to an activating group) is 1. The number of nitrogens with zero attached hydrogens (tertiary/aromatic N) is 4. The lowest BCUT2D eigenvalue weighted by Gasteiger charge is -2.33. The Morgan fingerprint density at radius 2 is 2.15 bits per heavy atom. The van der Waals surface area contributed by atoms with Crippen LogP contribution in [0.3, 0.4) is 0 Å². The highest BCUT2D eigenvalue weighted by Crippen LogP contribution is 2.25. The van der Waals surface area contributed by atoms with Gasteiger partial charge in [0.1, 0.15) is 5.82 Å². The Labute approximate surface area is 161 Å². The van der Waals surface area contributed by atoms with Crippen LogP contribution in [-0.4, -0.2) is 73.2 Å². The topological polar surface area (TPSA) is 55.8 Å². The van der Waals surface area contributed by atoms with Crippen LogP contribution in [0.2, 0.25) is 0 Å². The predicted molar refractivity (Wildman–Crippen MR) is 112 cm³/mol. The zero-order valence-corrected chi connectivity index (χ0v) is 16.9. The summed E-state index contributed by atoms with van der Waals surface area (Å²) in [6, 6.07) is 4.25. The Bertz CT molecular complexity index is 579. The number of aliphatic imine (C=N–C) groups is 1. The van der Waals surface area contributed by atoms with Crippen LogP contribution in [-0.2, 0) is 6.54 Å². The molecule has 1 aromatic rings. The first-order chi connectivity index (χ1) is 12.7. The van der Waals surface area contributed by atoms with Gasteiger partial charge in [0.15, 0.2) is 5.96 Å². The minimum Gasteiger partial charge on any atom is -0.357 e. The van der Waals surface area contributed by atoms with Crippen LogP contribution < -0.4 is 15.5 Å². The van der Waals surface area contributed by atoms with E-state index in [0.29, 0.717) is 6.54 Å². The first kappa shape index (κ1) is 19.3. The molecular weight excluding hydrogens is 344 g/mol. The third-order valence-electron chi connectivity index (χ3n) is 4.92. The number of guanidine groups is 1. The molecule has 0 amide bonds. The third kappa shape index (κ3) is 5.77. The third-order valence-corrected chi connectivity index (χ3v) is 6.32. The van der Waals surface area contributed by atoms with Crippen molar-refractivity contribution in [2.75, 3.05) is 57.0 Å². The van der Waals surface area contributed by atoms with E-state index in [1.54, 1.807) is 0 Å². The highest BCUT2D eigenvalue weighted by Gasteiger charge is 2.16. The molecular formula is C19H32N6S. The van der Waals surface area contributed by atoms with Gasteiger partial charge in [-0.2, -0.15) is 11.8 Å². The number of rotatable bonds is 6. The molecule has 2 aliphatic rings. The van der Waals surface area contributed by atoms with Gasteiger partial charge in [-0.25, -0.2) is 9.98 Å². The molecule has 2 fully saturated rings. The van der Waals surface area contributed by atoms with Crippen LogP contribution in [0, 0.1) is 0 Å². The summed E-state index contributed by atoms with van der Waals surface area (Å²) >= 11 is 2.07. The Kier molecular flexibility index (Phi) is 7.43. The Morgan fingerprint density at radius 1 is 1.31 bits per heavy atom. The Balaban J connectivity index is 1.56. The molecule has 3 heterocycles. The number of nitrogens with one attached hydrogen (secondary N) is 2. The SMILES string of the molecule is CCNC(=NCc1ccnc(N2CCN(C)CC2)c1)NCC1CCCS1. The van der Waals surface area contributed by atoms with Crippen LogP contribution in [0.1, 0.15) is 25.3 Å². The van der Waals surface area contributed by atoms with Gasteiger partial charge < -0.3 is 20.4 Å². The molecule has 0 saturated carbocycles. The second-order valence-corrected chi connectivity index (χ2v) is 8.43. The largest absolute Gasteiger partial charge is 0.357 e. The molecule has 0 radical (unpaired) electrons. The highest BCUT2D eigenvalue weighted by atomic mass is 32.2. The van der Waals surface area contributed by atoms with Crippen molar-refractivity contribution >= 4 is 23.5 Å². The van der Waals surface area contributed by atoms with Gasteiger partial charge in [0.2, 0.25) is 0 Å². The van der Waals surface area contributed by atoms with Crippen molar-refractivity contribution in [1.29, 1.82) is 0 Å². The summed E-state index contributed by atoms with van der Waals surface area (Å²) in [7, 11) is 2.18. The summed E-state index contributed by atoms with van der Waals surface area (Å²) in [6.07, 6.45) is 4.57. The first-order valence-electron chi connectivity index (χ1n) is 9.77. The van der Waals surface area contributed by atoms with Crippen molar-refractivity contribution in [3.8, 4) is 0 Å². The van der Waals surface area contributed by atoms with Gasteiger partial charge in [-0.15, -0.1) is 0 Å². The molecule has 1 atom stereocenters. The number of piperazine rings is 1. The fourth-order valence-electron chi connectivity index (χ4n) is 3.30. The molecule has 0 aromatic carbocycles. The van der Waals surface area contributed by atoms with Gasteiger partial charge in [-0.05, 0) is 50.3 Å². The van der Waals surface area contributed by atoms with E-state index in [9.17, 15) is 0 Å². The van der Waals surface area contributed by atoms with E-state index in [4.69, 9.17) is 4.99 Å². The normalized spacial score (nSPS) is 21.8. The van der Waals surface area contributed by atoms with Gasteiger partial charge in [0, 0.05) is 50.7 Å². The zero-order valence-electron chi connectivity index (χ0n) is 16.1. The molecule has 0 aliphatic carbocycles. The molecule has 6 nitrogen and oxygen atoms in total. The maximum atomic E-state index is 4.77. The summed E-state index contributed by atoms with van der Waals surface area (Å²) < 4.78 is 0. The van der Waals surface area contributed by atoms with Crippen LogP contribution in [0.15, 0.2) is 23.3 Å². The van der Waals surface area contributed by atoms with Crippen molar-refractivity contribution in [3.63, 3.8) is 0 Å². The van der Waals surface area contributed by atoms with Crippen LogP contribution in [0.4, 0.5) is 5.82 Å². The molecule has 0 spiro atoms. The monoisotopic (exact) mass is 376 g/mol. The van der Waals surface area contributed by atoms with Crippen molar-refractivity contribution in [2.24, 2.45) is 4.99 Å². The summed E-state index contributed by atoms with van der Waals surface area (Å²) in [5.74, 6) is 3.29. The number of anilines is 1. The van der Waals surface area contributed by atoms with E-state index in [1.165, 1.54) is 24.2 Å². The lowest BCUT2D eigenvalue weighted by atomic mass is 10.2. The second kappa shape index (κ2) is 10.0. The minimum absolute atomic E-state index is 0.677. The van der Waals surface area contributed by atoms with E-state index in [1.807, 2.05) is 6.20 Å². The number of hydrogen-bond acceptors (Lipinski definition) is 5. The summed E-state index contributed by atoms with van der Waals surface area (Å²) in [6.45, 7) is 8.94. The maximum absolute atomic E-state index is 4.77. The summed E-state index contributed by atoms with van der Waals surface area (Å²) in [5, 5.41) is 7.59. The molecule has 0 bridgehead atoms. The van der Waals surface area contributed by atoms with Crippen molar-refractivity contribution < 1.29 is 0 Å². The second-order valence-electron chi connectivity index (χ2n) is 7.02. The molecule has 26 heavy (non-hydrogen) atoms. The lowest BCUT2D eigenvalue weighted by Crippen LogP contribution is -2.44. The van der Waals surface area contributed by atoms with Gasteiger partial charge in [-0.1, -0.05) is 0 Å². The molecule has 1 unspecified atom stereocenters. The smallest absolute Gasteiger partial charge is 0.191 e. The van der Waals surface area contributed by atoms with E-state index in [0.717, 1.165) is 56.3 Å². The average molecular weight is 377 g/mol. The number of aromatic nitrogens is 1. The first-order valence-corrected chi connectivity index (χ1v) is 10.8. The van der Waals surface area contributed by atoms with Crippen LogP contribution >= 0.6 is 11.8 Å². The highest BCUT2D eigenvalue weighted by molar-refractivity contribution is 8.00. The fraction of sp³-hybridized carbons (Fsp3) is 0.684. The minimum atomic E-state index is 0.677. The van der Waals surface area contributed by atoms with E-state index in [2.05, 4.69) is 63.3 Å². The molecule has 2 aliphatic heterocycles. The quantitative estimate of drug-likeness (QED) is 0.583. The average Bonchev–Trinajstić information content (AvgIpc) is 3.18.